The van der Waals surface area contributed by atoms with E-state index in [0.29, 0.717) is 28.8 Å². The summed E-state index contributed by atoms with van der Waals surface area (Å²) in [6.07, 6.45) is 2.11. The Balaban J connectivity index is 1.71. The van der Waals surface area contributed by atoms with Gasteiger partial charge in [0.1, 0.15) is 0 Å². The van der Waals surface area contributed by atoms with Gasteiger partial charge in [0.2, 0.25) is 5.89 Å². The quantitative estimate of drug-likeness (QED) is 0.926. The van der Waals surface area contributed by atoms with E-state index in [1.54, 1.807) is 12.1 Å². The second-order valence-corrected chi connectivity index (χ2v) is 5.34. The highest BCUT2D eigenvalue weighted by atomic mass is 79.9. The smallest absolute Gasteiger partial charge is 0.283 e. The highest BCUT2D eigenvalue weighted by Crippen LogP contribution is 2.25. The van der Waals surface area contributed by atoms with Crippen molar-refractivity contribution in [1.82, 2.24) is 15.1 Å². The average Bonchev–Trinajstić information content (AvgIpc) is 3.10. The van der Waals surface area contributed by atoms with Crippen LogP contribution in [0.4, 0.5) is 0 Å². The van der Waals surface area contributed by atoms with Crippen LogP contribution in [-0.4, -0.2) is 39.4 Å². The maximum Gasteiger partial charge on any atom is 0.283 e. The maximum atomic E-state index is 9.27. The zero-order chi connectivity index (χ0) is 13.2. The normalized spacial score (nSPS) is 20.2. The van der Waals surface area contributed by atoms with E-state index in [4.69, 9.17) is 8.83 Å². The van der Waals surface area contributed by atoms with Crippen molar-refractivity contribution in [2.24, 2.45) is 0 Å². The van der Waals surface area contributed by atoms with E-state index in [1.165, 1.54) is 0 Å². The minimum atomic E-state index is 0.173. The van der Waals surface area contributed by atoms with Crippen LogP contribution in [-0.2, 0) is 6.54 Å². The van der Waals surface area contributed by atoms with Gasteiger partial charge in [-0.25, -0.2) is 0 Å². The molecule has 0 saturated carbocycles. The fourth-order valence-electron chi connectivity index (χ4n) is 2.33. The van der Waals surface area contributed by atoms with Crippen LogP contribution in [0.1, 0.15) is 18.7 Å². The Kier molecular flexibility index (Phi) is 3.67. The molecule has 102 valence electrons. The molecule has 1 unspecified atom stereocenters. The summed E-state index contributed by atoms with van der Waals surface area (Å²) in [5, 5.41) is 17.3. The van der Waals surface area contributed by atoms with Crippen LogP contribution in [0.25, 0.3) is 11.7 Å². The molecule has 7 heteroatoms. The summed E-state index contributed by atoms with van der Waals surface area (Å²) >= 11 is 3.23. The standard InChI is InChI=1S/C12H14BrN3O3/c13-10-4-3-9(18-10)12-15-14-11(19-12)6-16-5-1-2-8(16)7-17/h3-4,8,17H,1-2,5-7H2. The number of aliphatic hydroxyl groups excluding tert-OH is 1. The van der Waals surface area contributed by atoms with Crippen LogP contribution in [0.2, 0.25) is 0 Å². The van der Waals surface area contributed by atoms with Gasteiger partial charge in [0.15, 0.2) is 10.4 Å². The Labute approximate surface area is 118 Å². The molecule has 0 aromatic carbocycles. The molecular weight excluding hydrogens is 314 g/mol. The van der Waals surface area contributed by atoms with Crippen LogP contribution >= 0.6 is 15.9 Å². The molecule has 1 aliphatic heterocycles. The van der Waals surface area contributed by atoms with Gasteiger partial charge in [-0.15, -0.1) is 10.2 Å². The molecule has 3 heterocycles. The van der Waals surface area contributed by atoms with Crippen molar-refractivity contribution in [1.29, 1.82) is 0 Å². The number of furan rings is 1. The zero-order valence-corrected chi connectivity index (χ0v) is 11.8. The molecule has 19 heavy (non-hydrogen) atoms. The van der Waals surface area contributed by atoms with Crippen LogP contribution in [0, 0.1) is 0 Å². The predicted molar refractivity (Wildman–Crippen MR) is 70.2 cm³/mol. The van der Waals surface area contributed by atoms with Crippen molar-refractivity contribution in [2.45, 2.75) is 25.4 Å². The Morgan fingerprint density at radius 3 is 3.00 bits per heavy atom. The number of likely N-dealkylation sites (tertiary alicyclic amines) is 1. The molecule has 0 spiro atoms. The number of aromatic nitrogens is 2. The molecule has 1 fully saturated rings. The van der Waals surface area contributed by atoms with Crippen LogP contribution in [0.5, 0.6) is 0 Å². The maximum absolute atomic E-state index is 9.27. The van der Waals surface area contributed by atoms with Crippen molar-refractivity contribution >= 4 is 15.9 Å². The van der Waals surface area contributed by atoms with Gasteiger partial charge in [-0.05, 0) is 47.4 Å². The molecule has 0 amide bonds. The first-order valence-corrected chi connectivity index (χ1v) is 6.98. The number of hydrogen-bond donors (Lipinski definition) is 1. The first-order chi connectivity index (χ1) is 9.26. The third-order valence-electron chi connectivity index (χ3n) is 3.30. The molecule has 1 atom stereocenters. The van der Waals surface area contributed by atoms with E-state index >= 15 is 0 Å². The van der Waals surface area contributed by atoms with Crippen molar-refractivity contribution < 1.29 is 13.9 Å². The highest BCUT2D eigenvalue weighted by Gasteiger charge is 2.25. The average molecular weight is 328 g/mol. The van der Waals surface area contributed by atoms with Gasteiger partial charge in [0.25, 0.3) is 5.89 Å². The predicted octanol–water partition coefficient (Wildman–Crippen LogP) is 2.05. The molecule has 3 rings (SSSR count). The molecule has 0 aliphatic carbocycles. The van der Waals surface area contributed by atoms with Crippen LogP contribution in [0.3, 0.4) is 0 Å². The van der Waals surface area contributed by atoms with Gasteiger partial charge in [-0.1, -0.05) is 0 Å². The number of nitrogens with zero attached hydrogens (tertiary/aromatic N) is 3. The van der Waals surface area contributed by atoms with Gasteiger partial charge in [-0.2, -0.15) is 0 Å². The summed E-state index contributed by atoms with van der Waals surface area (Å²) in [6.45, 7) is 1.70. The lowest BCUT2D eigenvalue weighted by Crippen LogP contribution is -2.31. The molecule has 6 nitrogen and oxygen atoms in total. The fourth-order valence-corrected chi connectivity index (χ4v) is 2.64. The molecule has 2 aromatic rings. The lowest BCUT2D eigenvalue weighted by Gasteiger charge is -2.20. The minimum Gasteiger partial charge on any atom is -0.444 e. The molecule has 1 N–H and O–H groups in total. The Bertz CT molecular complexity index is 554. The van der Waals surface area contributed by atoms with Gasteiger partial charge in [0.05, 0.1) is 13.2 Å². The van der Waals surface area contributed by atoms with Gasteiger partial charge < -0.3 is 13.9 Å². The third kappa shape index (κ3) is 2.72. The van der Waals surface area contributed by atoms with E-state index in [9.17, 15) is 5.11 Å². The Hall–Kier alpha value is -1.18. The number of aliphatic hydroxyl groups is 1. The van der Waals surface area contributed by atoms with E-state index in [2.05, 4.69) is 31.0 Å². The summed E-state index contributed by atoms with van der Waals surface area (Å²) in [4.78, 5) is 2.16. The Morgan fingerprint density at radius 1 is 1.37 bits per heavy atom. The number of rotatable bonds is 4. The van der Waals surface area contributed by atoms with Gasteiger partial charge >= 0.3 is 0 Å². The number of halogens is 1. The Morgan fingerprint density at radius 2 is 2.26 bits per heavy atom. The van der Waals surface area contributed by atoms with Gasteiger partial charge in [-0.3, -0.25) is 4.90 Å². The SMILES string of the molecule is OCC1CCCN1Cc1nnc(-c2ccc(Br)o2)o1. The van der Waals surface area contributed by atoms with Crippen molar-refractivity contribution in [3.05, 3.63) is 22.7 Å². The van der Waals surface area contributed by atoms with Crippen LogP contribution < -0.4 is 0 Å². The fraction of sp³-hybridized carbons (Fsp3) is 0.500. The molecule has 0 bridgehead atoms. The largest absolute Gasteiger partial charge is 0.444 e. The van der Waals surface area contributed by atoms with E-state index in [-0.39, 0.29) is 12.6 Å². The van der Waals surface area contributed by atoms with E-state index < -0.39 is 0 Å². The first kappa shape index (κ1) is 12.8. The summed E-state index contributed by atoms with van der Waals surface area (Å²) in [5.74, 6) is 1.47. The minimum absolute atomic E-state index is 0.173. The number of hydrogen-bond acceptors (Lipinski definition) is 6. The van der Waals surface area contributed by atoms with E-state index in [1.807, 2.05) is 0 Å². The first-order valence-electron chi connectivity index (χ1n) is 6.19. The van der Waals surface area contributed by atoms with Crippen molar-refractivity contribution in [2.75, 3.05) is 13.2 Å². The second-order valence-electron chi connectivity index (χ2n) is 4.55. The summed E-state index contributed by atoms with van der Waals surface area (Å²) in [7, 11) is 0. The second kappa shape index (κ2) is 5.44. The lowest BCUT2D eigenvalue weighted by atomic mass is 10.2. The van der Waals surface area contributed by atoms with Gasteiger partial charge in [0, 0.05) is 6.04 Å². The van der Waals surface area contributed by atoms with E-state index in [0.717, 1.165) is 19.4 Å². The molecule has 1 aliphatic rings. The monoisotopic (exact) mass is 327 g/mol. The molecule has 2 aromatic heterocycles. The molecule has 1 saturated heterocycles. The van der Waals surface area contributed by atoms with Crippen molar-refractivity contribution in [3.63, 3.8) is 0 Å². The zero-order valence-electron chi connectivity index (χ0n) is 10.3. The van der Waals surface area contributed by atoms with Crippen LogP contribution in [0.15, 0.2) is 25.6 Å². The summed E-state index contributed by atoms with van der Waals surface area (Å²) in [6, 6.07) is 3.75. The summed E-state index contributed by atoms with van der Waals surface area (Å²) in [5.41, 5.74) is 0. The topological polar surface area (TPSA) is 75.5 Å². The lowest BCUT2D eigenvalue weighted by molar-refractivity contribution is 0.144. The third-order valence-corrected chi connectivity index (χ3v) is 3.73. The molecule has 0 radical (unpaired) electrons. The summed E-state index contributed by atoms with van der Waals surface area (Å²) < 4.78 is 11.6. The highest BCUT2D eigenvalue weighted by molar-refractivity contribution is 9.10. The van der Waals surface area contributed by atoms with Crippen molar-refractivity contribution in [3.8, 4) is 11.7 Å². The molecular formula is C12H14BrN3O3.